The van der Waals surface area contributed by atoms with Crippen molar-refractivity contribution in [1.82, 2.24) is 20.0 Å². The second kappa shape index (κ2) is 13.3. The maximum Gasteiger partial charge on any atom is 0.416 e. The number of nitrogens with zero attached hydrogens (tertiary/aromatic N) is 4. The van der Waals surface area contributed by atoms with Gasteiger partial charge in [-0.3, -0.25) is 9.69 Å². The summed E-state index contributed by atoms with van der Waals surface area (Å²) in [5, 5.41) is 14.1. The van der Waals surface area contributed by atoms with Crippen molar-refractivity contribution in [2.75, 3.05) is 43.9 Å². The molecular formula is C34H33F3N6O. The summed E-state index contributed by atoms with van der Waals surface area (Å²) >= 11 is 0. The Kier molecular flexibility index (Phi) is 9.28. The molecule has 44 heavy (non-hydrogen) atoms. The van der Waals surface area contributed by atoms with Gasteiger partial charge in [0.05, 0.1) is 5.56 Å². The predicted octanol–water partition coefficient (Wildman–Crippen LogP) is 6.26. The summed E-state index contributed by atoms with van der Waals surface area (Å²) in [6, 6.07) is 20.4. The normalized spacial score (nSPS) is 14.0. The molecule has 0 unspecified atom stereocenters. The third-order valence-electron chi connectivity index (χ3n) is 7.48. The Morgan fingerprint density at radius 1 is 0.864 bits per heavy atom. The molecule has 1 amide bonds. The van der Waals surface area contributed by atoms with Crippen LogP contribution in [0.2, 0.25) is 0 Å². The quantitative estimate of drug-likeness (QED) is 0.256. The summed E-state index contributed by atoms with van der Waals surface area (Å²) < 4.78 is 42.0. The Balaban J connectivity index is 1.27. The average Bonchev–Trinajstić information content (AvgIpc) is 3.00. The number of hydrogen-bond acceptors (Lipinski definition) is 6. The summed E-state index contributed by atoms with van der Waals surface area (Å²) in [5.41, 5.74) is 3.74. The Labute approximate surface area is 255 Å². The molecule has 0 atom stereocenters. The van der Waals surface area contributed by atoms with Gasteiger partial charge in [-0.15, -0.1) is 10.2 Å². The number of alkyl halides is 3. The second-order valence-electron chi connectivity index (χ2n) is 11.0. The highest BCUT2D eigenvalue weighted by atomic mass is 19.4. The van der Waals surface area contributed by atoms with Gasteiger partial charge in [-0.05, 0) is 86.5 Å². The summed E-state index contributed by atoms with van der Waals surface area (Å²) in [7, 11) is 2.00. The Morgan fingerprint density at radius 2 is 1.59 bits per heavy atom. The van der Waals surface area contributed by atoms with Crippen LogP contribution in [0, 0.1) is 25.7 Å². The first kappa shape index (κ1) is 30.7. The Morgan fingerprint density at radius 3 is 2.27 bits per heavy atom. The van der Waals surface area contributed by atoms with Crippen LogP contribution in [0.5, 0.6) is 0 Å². The van der Waals surface area contributed by atoms with Gasteiger partial charge in [0.15, 0.2) is 5.82 Å². The van der Waals surface area contributed by atoms with Gasteiger partial charge in [0.25, 0.3) is 5.91 Å². The van der Waals surface area contributed by atoms with E-state index in [4.69, 9.17) is 0 Å². The van der Waals surface area contributed by atoms with Crippen molar-refractivity contribution < 1.29 is 18.0 Å². The number of halogens is 3. The maximum atomic E-state index is 14.0. The van der Waals surface area contributed by atoms with Crippen molar-refractivity contribution in [1.29, 1.82) is 0 Å². The van der Waals surface area contributed by atoms with Gasteiger partial charge in [0.2, 0.25) is 0 Å². The highest BCUT2D eigenvalue weighted by Gasteiger charge is 2.34. The van der Waals surface area contributed by atoms with Crippen molar-refractivity contribution in [3.63, 3.8) is 0 Å². The molecule has 0 radical (unpaired) electrons. The first-order valence-electron chi connectivity index (χ1n) is 14.3. The van der Waals surface area contributed by atoms with Gasteiger partial charge in [-0.2, -0.15) is 13.2 Å². The minimum absolute atomic E-state index is 0.0762. The van der Waals surface area contributed by atoms with Crippen LogP contribution in [0.1, 0.15) is 43.9 Å². The van der Waals surface area contributed by atoms with E-state index >= 15 is 0 Å². The van der Waals surface area contributed by atoms with E-state index in [0.29, 0.717) is 30.2 Å². The van der Waals surface area contributed by atoms with Crippen LogP contribution in [-0.4, -0.2) is 59.1 Å². The van der Waals surface area contributed by atoms with Crippen molar-refractivity contribution in [2.24, 2.45) is 0 Å². The van der Waals surface area contributed by atoms with E-state index < -0.39 is 17.6 Å². The predicted molar refractivity (Wildman–Crippen MR) is 166 cm³/mol. The number of aryl methyl sites for hydroxylation is 2. The van der Waals surface area contributed by atoms with E-state index in [1.165, 1.54) is 12.1 Å². The number of nitrogens with one attached hydrogen (secondary N) is 2. The number of rotatable bonds is 6. The van der Waals surface area contributed by atoms with Gasteiger partial charge < -0.3 is 15.5 Å². The molecular weight excluding hydrogens is 565 g/mol. The summed E-state index contributed by atoms with van der Waals surface area (Å²) in [6.45, 7) is 7.10. The van der Waals surface area contributed by atoms with Gasteiger partial charge in [0.1, 0.15) is 5.69 Å². The monoisotopic (exact) mass is 598 g/mol. The molecule has 0 aliphatic carbocycles. The maximum absolute atomic E-state index is 14.0. The molecule has 1 aromatic heterocycles. The first-order valence-corrected chi connectivity index (χ1v) is 14.3. The lowest BCUT2D eigenvalue weighted by molar-refractivity contribution is -0.138. The number of likely N-dealkylation sites (N-methyl/N-ethyl adjacent to an activating group) is 1. The van der Waals surface area contributed by atoms with Crippen LogP contribution in [-0.2, 0) is 12.7 Å². The number of anilines is 3. The SMILES string of the molecule is Cc1ccc(Nc2ccc(C#Cc3cc(C(=O)Nc4ccc(CN5CCN(C)CC5)c(C(F)(F)F)c4)ccc3C)nn2)cc1. The van der Waals surface area contributed by atoms with E-state index in [1.54, 1.807) is 30.3 Å². The van der Waals surface area contributed by atoms with Gasteiger partial charge in [-0.1, -0.05) is 35.7 Å². The molecule has 0 spiro atoms. The third kappa shape index (κ3) is 8.01. The topological polar surface area (TPSA) is 73.4 Å². The highest BCUT2D eigenvalue weighted by Crippen LogP contribution is 2.35. The number of carbonyl (C=O) groups excluding carboxylic acids is 1. The fourth-order valence-corrected chi connectivity index (χ4v) is 4.79. The molecule has 1 aliphatic heterocycles. The van der Waals surface area contributed by atoms with Crippen LogP contribution < -0.4 is 10.6 Å². The largest absolute Gasteiger partial charge is 0.416 e. The van der Waals surface area contributed by atoms with Crippen LogP contribution >= 0.6 is 0 Å². The van der Waals surface area contributed by atoms with E-state index in [-0.39, 0.29) is 23.4 Å². The molecule has 0 saturated carbocycles. The van der Waals surface area contributed by atoms with Gasteiger partial charge in [-0.25, -0.2) is 0 Å². The molecule has 2 heterocycles. The van der Waals surface area contributed by atoms with Crippen LogP contribution in [0.15, 0.2) is 72.8 Å². The zero-order chi connectivity index (χ0) is 31.3. The first-order chi connectivity index (χ1) is 21.0. The van der Waals surface area contributed by atoms with E-state index in [1.807, 2.05) is 50.1 Å². The minimum atomic E-state index is -4.55. The third-order valence-corrected chi connectivity index (χ3v) is 7.48. The van der Waals surface area contributed by atoms with Gasteiger partial charge in [0, 0.05) is 55.2 Å². The minimum Gasteiger partial charge on any atom is -0.339 e. The number of piperazine rings is 1. The molecule has 0 bridgehead atoms. The smallest absolute Gasteiger partial charge is 0.339 e. The lowest BCUT2D eigenvalue weighted by Gasteiger charge is -2.33. The average molecular weight is 599 g/mol. The number of benzene rings is 3. The molecule has 1 aliphatic rings. The Hall–Kier alpha value is -4.72. The highest BCUT2D eigenvalue weighted by molar-refractivity contribution is 6.04. The number of aromatic nitrogens is 2. The summed E-state index contributed by atoms with van der Waals surface area (Å²) in [5.74, 6) is 6.05. The molecule has 2 N–H and O–H groups in total. The van der Waals surface area contributed by atoms with Crippen LogP contribution in [0.25, 0.3) is 0 Å². The second-order valence-corrected chi connectivity index (χ2v) is 11.0. The Bertz CT molecular complexity index is 1680. The van der Waals surface area contributed by atoms with Crippen molar-refractivity contribution in [3.05, 3.63) is 112 Å². The van der Waals surface area contributed by atoms with Gasteiger partial charge >= 0.3 is 6.18 Å². The van der Waals surface area contributed by atoms with Crippen molar-refractivity contribution >= 4 is 23.1 Å². The zero-order valence-corrected chi connectivity index (χ0v) is 24.8. The molecule has 5 rings (SSSR count). The number of carbonyl (C=O) groups is 1. The van der Waals surface area contributed by atoms with Crippen molar-refractivity contribution in [2.45, 2.75) is 26.6 Å². The number of hydrogen-bond donors (Lipinski definition) is 2. The lowest BCUT2D eigenvalue weighted by Crippen LogP contribution is -2.44. The number of amides is 1. The van der Waals surface area contributed by atoms with Crippen LogP contribution in [0.4, 0.5) is 30.4 Å². The lowest BCUT2D eigenvalue weighted by atomic mass is 10.0. The fraction of sp³-hybridized carbons (Fsp3) is 0.265. The molecule has 1 fully saturated rings. The standard InChI is InChI=1S/C34H33F3N6O/c1-23-4-10-28(11-5-23)38-32-15-14-29(40-41-32)12-8-25-20-26(7-6-24(25)2)33(44)39-30-13-9-27(31(21-30)34(35,36)37)22-43-18-16-42(3)17-19-43/h4-7,9-11,13-15,20-21H,16-19,22H2,1-3H3,(H,38,41)(H,39,44). The fourth-order valence-electron chi connectivity index (χ4n) is 4.79. The van der Waals surface area contributed by atoms with E-state index in [2.05, 4.69) is 37.6 Å². The van der Waals surface area contributed by atoms with E-state index in [9.17, 15) is 18.0 Å². The summed E-state index contributed by atoms with van der Waals surface area (Å²) in [6.07, 6.45) is -4.55. The molecule has 7 nitrogen and oxygen atoms in total. The van der Waals surface area contributed by atoms with E-state index in [0.717, 1.165) is 36.0 Å². The molecule has 4 aromatic rings. The van der Waals surface area contributed by atoms with Crippen LogP contribution in [0.3, 0.4) is 0 Å². The molecule has 3 aromatic carbocycles. The molecule has 10 heteroatoms. The molecule has 226 valence electrons. The van der Waals surface area contributed by atoms with Crippen molar-refractivity contribution in [3.8, 4) is 11.8 Å². The molecule has 1 saturated heterocycles. The zero-order valence-electron chi connectivity index (χ0n) is 24.8. The summed E-state index contributed by atoms with van der Waals surface area (Å²) in [4.78, 5) is 17.2.